The number of benzene rings is 3. The zero-order valence-corrected chi connectivity index (χ0v) is 21.7. The molecule has 192 valence electrons. The predicted octanol–water partition coefficient (Wildman–Crippen LogP) is 6.57. The zero-order chi connectivity index (χ0) is 25.9. The fourth-order valence-electron chi connectivity index (χ4n) is 4.95. The smallest absolute Gasteiger partial charge is 0.138 e. The molecule has 2 aromatic heterocycles. The van der Waals surface area contributed by atoms with Crippen molar-refractivity contribution in [3.63, 3.8) is 0 Å². The molecule has 0 atom stereocenters. The van der Waals surface area contributed by atoms with E-state index in [1.807, 2.05) is 66.7 Å². The highest BCUT2D eigenvalue weighted by atomic mass is 35.5. The van der Waals surface area contributed by atoms with Gasteiger partial charge in [-0.2, -0.15) is 0 Å². The third-order valence-corrected chi connectivity index (χ3v) is 7.18. The van der Waals surface area contributed by atoms with Crippen LogP contribution in [0.1, 0.15) is 31.2 Å². The minimum atomic E-state index is 0.356. The number of hydrogen-bond acceptors (Lipinski definition) is 5. The molecule has 38 heavy (non-hydrogen) atoms. The van der Waals surface area contributed by atoms with E-state index < -0.39 is 0 Å². The number of halogens is 1. The van der Waals surface area contributed by atoms with Gasteiger partial charge in [0, 0.05) is 40.0 Å². The Kier molecular flexibility index (Phi) is 6.84. The van der Waals surface area contributed by atoms with E-state index >= 15 is 0 Å². The number of nitrogens with one attached hydrogen (secondary N) is 2. The van der Waals surface area contributed by atoms with Crippen molar-refractivity contribution < 1.29 is 4.74 Å². The van der Waals surface area contributed by atoms with Gasteiger partial charge in [-0.05, 0) is 79.6 Å². The Hall–Kier alpha value is -4.10. The average Bonchev–Trinajstić information content (AvgIpc) is 3.61. The second-order valence-electron chi connectivity index (χ2n) is 9.59. The normalized spacial score (nSPS) is 14.4. The highest BCUT2D eigenvalue weighted by Crippen LogP contribution is 2.26. The minimum Gasteiger partial charge on any atom is -0.492 e. The molecule has 3 aromatic carbocycles. The van der Waals surface area contributed by atoms with Crippen molar-refractivity contribution >= 4 is 45.1 Å². The topological polar surface area (TPSA) is 101 Å². The Balaban J connectivity index is 1.08. The van der Waals surface area contributed by atoms with Crippen LogP contribution >= 0.6 is 11.6 Å². The maximum absolute atomic E-state index is 6.30. The number of nitrogens with two attached hydrogens (primary N) is 1. The van der Waals surface area contributed by atoms with Gasteiger partial charge in [-0.3, -0.25) is 9.98 Å². The Labute approximate surface area is 226 Å². The van der Waals surface area contributed by atoms with E-state index in [0.29, 0.717) is 30.1 Å². The summed E-state index contributed by atoms with van der Waals surface area (Å²) >= 11 is 6.08. The molecule has 5 aromatic rings. The van der Waals surface area contributed by atoms with E-state index in [-0.39, 0.29) is 0 Å². The molecule has 0 amide bonds. The largest absolute Gasteiger partial charge is 0.492 e. The number of aromatic amines is 1. The van der Waals surface area contributed by atoms with E-state index in [2.05, 4.69) is 15.3 Å². The number of aliphatic imine (C=N–C) groups is 1. The van der Waals surface area contributed by atoms with Crippen LogP contribution in [0.2, 0.25) is 5.02 Å². The van der Waals surface area contributed by atoms with Crippen LogP contribution in [0.3, 0.4) is 0 Å². The molecular weight excluding hydrogens is 496 g/mol. The van der Waals surface area contributed by atoms with Gasteiger partial charge in [-0.1, -0.05) is 24.4 Å². The van der Waals surface area contributed by atoms with Gasteiger partial charge in [0.2, 0.25) is 0 Å². The van der Waals surface area contributed by atoms with E-state index in [0.717, 1.165) is 63.2 Å². The summed E-state index contributed by atoms with van der Waals surface area (Å²) in [5.41, 5.74) is 11.9. The second-order valence-corrected chi connectivity index (χ2v) is 10.0. The van der Waals surface area contributed by atoms with Crippen LogP contribution in [0.5, 0.6) is 5.75 Å². The Morgan fingerprint density at radius 2 is 1.87 bits per heavy atom. The van der Waals surface area contributed by atoms with Crippen molar-refractivity contribution in [1.29, 1.82) is 0 Å². The molecule has 6 rings (SSSR count). The molecule has 7 nitrogen and oxygen atoms in total. The number of ether oxygens (including phenoxy) is 1. The molecule has 1 saturated carbocycles. The molecule has 2 heterocycles. The summed E-state index contributed by atoms with van der Waals surface area (Å²) < 4.78 is 5.95. The number of amidine groups is 1. The van der Waals surface area contributed by atoms with E-state index in [1.54, 1.807) is 6.20 Å². The minimum absolute atomic E-state index is 0.356. The van der Waals surface area contributed by atoms with E-state index in [4.69, 9.17) is 32.0 Å². The van der Waals surface area contributed by atoms with Crippen LogP contribution in [-0.2, 0) is 0 Å². The lowest BCUT2D eigenvalue weighted by Crippen LogP contribution is -2.16. The number of rotatable bonds is 8. The summed E-state index contributed by atoms with van der Waals surface area (Å²) in [5.74, 6) is 2.21. The van der Waals surface area contributed by atoms with Crippen LogP contribution in [0.4, 0.5) is 5.69 Å². The molecular formula is C30H29ClN6O. The van der Waals surface area contributed by atoms with Gasteiger partial charge in [-0.25, -0.2) is 4.98 Å². The second kappa shape index (κ2) is 10.7. The summed E-state index contributed by atoms with van der Waals surface area (Å²) in [6.07, 6.45) is 6.52. The summed E-state index contributed by atoms with van der Waals surface area (Å²) in [4.78, 5) is 17.3. The first-order chi connectivity index (χ1) is 18.6. The van der Waals surface area contributed by atoms with Crippen LogP contribution < -0.4 is 15.8 Å². The van der Waals surface area contributed by atoms with Crippen LogP contribution in [0.25, 0.3) is 33.3 Å². The van der Waals surface area contributed by atoms with Crippen molar-refractivity contribution in [2.45, 2.75) is 31.7 Å². The summed E-state index contributed by atoms with van der Waals surface area (Å²) in [5, 5.41) is 5.13. The maximum atomic E-state index is 6.30. The number of hydrogen-bond donors (Lipinski definition) is 3. The SMILES string of the molecule is NC(=NC1CCCC1)c1ccc2nc(-c3ccc(OCCNc4ccnc5cc(Cl)ccc45)cc3)[nH]c2c1. The lowest BCUT2D eigenvalue weighted by Gasteiger charge is -2.11. The number of pyridine rings is 1. The summed E-state index contributed by atoms with van der Waals surface area (Å²) in [6, 6.07) is 22.0. The highest BCUT2D eigenvalue weighted by molar-refractivity contribution is 6.31. The van der Waals surface area contributed by atoms with Crippen molar-refractivity contribution in [1.82, 2.24) is 15.0 Å². The number of H-pyrrole nitrogens is 1. The van der Waals surface area contributed by atoms with Gasteiger partial charge in [0.15, 0.2) is 0 Å². The number of anilines is 1. The number of aromatic nitrogens is 3. The van der Waals surface area contributed by atoms with Gasteiger partial charge in [0.05, 0.1) is 22.6 Å². The quantitative estimate of drug-likeness (QED) is 0.121. The predicted molar refractivity (Wildman–Crippen MR) is 155 cm³/mol. The Morgan fingerprint density at radius 1 is 1.03 bits per heavy atom. The first kappa shape index (κ1) is 24.2. The van der Waals surface area contributed by atoms with Gasteiger partial charge in [-0.15, -0.1) is 0 Å². The third kappa shape index (κ3) is 5.29. The lowest BCUT2D eigenvalue weighted by atomic mass is 10.1. The fraction of sp³-hybridized carbons (Fsp3) is 0.233. The molecule has 0 unspecified atom stereocenters. The van der Waals surface area contributed by atoms with Crippen molar-refractivity contribution in [3.05, 3.63) is 83.5 Å². The molecule has 0 radical (unpaired) electrons. The number of imidazole rings is 1. The monoisotopic (exact) mass is 524 g/mol. The van der Waals surface area contributed by atoms with Gasteiger partial charge in [0.25, 0.3) is 0 Å². The standard InChI is InChI=1S/C30H29ClN6O/c31-21-8-11-24-25(13-14-33-27(24)18-21)34-15-16-38-23-9-5-19(6-10-23)30-36-26-12-7-20(17-28(26)37-30)29(32)35-22-3-1-2-4-22/h5-14,17-18,22H,1-4,15-16H2,(H2,32,35)(H,33,34)(H,36,37). The van der Waals surface area contributed by atoms with Crippen molar-refractivity contribution in [2.75, 3.05) is 18.5 Å². The van der Waals surface area contributed by atoms with Crippen LogP contribution in [-0.4, -0.2) is 40.0 Å². The maximum Gasteiger partial charge on any atom is 0.138 e. The summed E-state index contributed by atoms with van der Waals surface area (Å²) in [6.45, 7) is 1.18. The lowest BCUT2D eigenvalue weighted by molar-refractivity contribution is 0.333. The van der Waals surface area contributed by atoms with Crippen molar-refractivity contribution in [2.24, 2.45) is 10.7 Å². The van der Waals surface area contributed by atoms with E-state index in [9.17, 15) is 0 Å². The Bertz CT molecular complexity index is 1610. The molecule has 1 fully saturated rings. The average molecular weight is 525 g/mol. The fourth-order valence-corrected chi connectivity index (χ4v) is 5.12. The number of nitrogens with zero attached hydrogens (tertiary/aromatic N) is 3. The molecule has 0 bridgehead atoms. The van der Waals surface area contributed by atoms with Crippen molar-refractivity contribution in [3.8, 4) is 17.1 Å². The van der Waals surface area contributed by atoms with Crippen LogP contribution in [0, 0.1) is 0 Å². The summed E-state index contributed by atoms with van der Waals surface area (Å²) in [7, 11) is 0. The molecule has 0 spiro atoms. The van der Waals surface area contributed by atoms with Crippen LogP contribution in [0.15, 0.2) is 77.9 Å². The van der Waals surface area contributed by atoms with Gasteiger partial charge >= 0.3 is 0 Å². The molecule has 8 heteroatoms. The highest BCUT2D eigenvalue weighted by Gasteiger charge is 2.15. The third-order valence-electron chi connectivity index (χ3n) is 6.94. The van der Waals surface area contributed by atoms with Gasteiger partial charge < -0.3 is 20.8 Å². The van der Waals surface area contributed by atoms with Gasteiger partial charge in [0.1, 0.15) is 24.0 Å². The molecule has 0 aliphatic heterocycles. The molecule has 1 aliphatic rings. The number of fused-ring (bicyclic) bond motifs is 2. The molecule has 4 N–H and O–H groups in total. The first-order valence-corrected chi connectivity index (χ1v) is 13.3. The Morgan fingerprint density at radius 3 is 2.71 bits per heavy atom. The van der Waals surface area contributed by atoms with E-state index in [1.165, 1.54) is 12.8 Å². The molecule has 1 aliphatic carbocycles. The first-order valence-electron chi connectivity index (χ1n) is 13.0. The molecule has 0 saturated heterocycles. The zero-order valence-electron chi connectivity index (χ0n) is 21.0.